The number of fused-ring (bicyclic) bond motifs is 1. The molecule has 4 nitrogen and oxygen atoms in total. The smallest absolute Gasteiger partial charge is 0.255 e. The van der Waals surface area contributed by atoms with Crippen molar-refractivity contribution in [1.82, 2.24) is 4.98 Å². The Morgan fingerprint density at radius 1 is 1.17 bits per heavy atom. The third kappa shape index (κ3) is 3.12. The van der Waals surface area contributed by atoms with Crippen LogP contribution in [0.5, 0.6) is 0 Å². The van der Waals surface area contributed by atoms with Gasteiger partial charge in [0.05, 0.1) is 5.52 Å². The summed E-state index contributed by atoms with van der Waals surface area (Å²) < 4.78 is 0.921. The first-order valence-corrected chi connectivity index (χ1v) is 8.51. The molecule has 0 aliphatic rings. The Morgan fingerprint density at radius 3 is 2.54 bits per heavy atom. The maximum atomic E-state index is 12.3. The standard InChI is InChI=1S/C19H17BrN2O2/c1-3-15-11(2)16-9-8-14(10-17(16)22-19(15)24)21-18(23)12-4-6-13(20)7-5-12/h4-10H,3H2,1-2H3,(H,21,23)(H,22,24). The molecular weight excluding hydrogens is 368 g/mol. The van der Waals surface area contributed by atoms with Gasteiger partial charge in [-0.25, -0.2) is 0 Å². The van der Waals surface area contributed by atoms with E-state index < -0.39 is 0 Å². The zero-order valence-electron chi connectivity index (χ0n) is 13.4. The number of amides is 1. The minimum absolute atomic E-state index is 0.0705. The predicted molar refractivity (Wildman–Crippen MR) is 101 cm³/mol. The predicted octanol–water partition coefficient (Wildman–Crippen LogP) is 4.41. The van der Waals surface area contributed by atoms with Crippen molar-refractivity contribution >= 4 is 38.4 Å². The van der Waals surface area contributed by atoms with E-state index in [-0.39, 0.29) is 11.5 Å². The lowest BCUT2D eigenvalue weighted by Gasteiger charge is -2.10. The second-order valence-corrected chi connectivity index (χ2v) is 6.55. The molecule has 24 heavy (non-hydrogen) atoms. The minimum Gasteiger partial charge on any atom is -0.322 e. The highest BCUT2D eigenvalue weighted by Crippen LogP contribution is 2.22. The molecule has 1 aromatic heterocycles. The van der Waals surface area contributed by atoms with E-state index >= 15 is 0 Å². The molecule has 0 bridgehead atoms. The van der Waals surface area contributed by atoms with Crippen LogP contribution >= 0.6 is 15.9 Å². The topological polar surface area (TPSA) is 62.0 Å². The van der Waals surface area contributed by atoms with Gasteiger partial charge in [0, 0.05) is 26.7 Å². The van der Waals surface area contributed by atoms with Crippen LogP contribution in [0.15, 0.2) is 51.7 Å². The molecule has 3 rings (SSSR count). The van der Waals surface area contributed by atoms with Gasteiger partial charge in [-0.15, -0.1) is 0 Å². The van der Waals surface area contributed by atoms with Gasteiger partial charge in [-0.2, -0.15) is 0 Å². The number of anilines is 1. The first kappa shape index (κ1) is 16.5. The van der Waals surface area contributed by atoms with Gasteiger partial charge < -0.3 is 10.3 Å². The quantitative estimate of drug-likeness (QED) is 0.702. The fourth-order valence-electron chi connectivity index (χ4n) is 2.81. The van der Waals surface area contributed by atoms with Crippen molar-refractivity contribution in [3.8, 4) is 0 Å². The number of pyridine rings is 1. The monoisotopic (exact) mass is 384 g/mol. The number of halogens is 1. The van der Waals surface area contributed by atoms with E-state index in [1.54, 1.807) is 18.2 Å². The number of hydrogen-bond acceptors (Lipinski definition) is 2. The van der Waals surface area contributed by atoms with Gasteiger partial charge in [-0.3, -0.25) is 9.59 Å². The molecule has 1 amide bonds. The molecule has 5 heteroatoms. The van der Waals surface area contributed by atoms with Crippen molar-refractivity contribution < 1.29 is 4.79 Å². The lowest BCUT2D eigenvalue weighted by atomic mass is 10.0. The zero-order valence-corrected chi connectivity index (χ0v) is 15.0. The Labute approximate surface area is 148 Å². The van der Waals surface area contributed by atoms with Crippen molar-refractivity contribution in [2.75, 3.05) is 5.32 Å². The number of H-pyrrole nitrogens is 1. The number of carbonyl (C=O) groups excluding carboxylic acids is 1. The molecule has 0 saturated heterocycles. The zero-order chi connectivity index (χ0) is 17.3. The van der Waals surface area contributed by atoms with Crippen molar-refractivity contribution in [3.63, 3.8) is 0 Å². The second kappa shape index (κ2) is 6.61. The van der Waals surface area contributed by atoms with Crippen LogP contribution in [0.2, 0.25) is 0 Å². The summed E-state index contributed by atoms with van der Waals surface area (Å²) in [6, 6.07) is 12.7. The summed E-state index contributed by atoms with van der Waals surface area (Å²) in [6.45, 7) is 3.92. The number of nitrogens with one attached hydrogen (secondary N) is 2. The van der Waals surface area contributed by atoms with Gasteiger partial charge in [0.15, 0.2) is 0 Å². The molecule has 0 spiro atoms. The summed E-state index contributed by atoms with van der Waals surface area (Å²) in [6.07, 6.45) is 0.694. The maximum Gasteiger partial charge on any atom is 0.255 e. The maximum absolute atomic E-state index is 12.3. The van der Waals surface area contributed by atoms with Crippen molar-refractivity contribution in [2.24, 2.45) is 0 Å². The molecule has 0 radical (unpaired) electrons. The van der Waals surface area contributed by atoms with Gasteiger partial charge >= 0.3 is 0 Å². The highest BCUT2D eigenvalue weighted by Gasteiger charge is 2.10. The first-order chi connectivity index (χ1) is 11.5. The van der Waals surface area contributed by atoms with Crippen LogP contribution in [-0.4, -0.2) is 10.9 Å². The Hall–Kier alpha value is -2.40. The van der Waals surface area contributed by atoms with E-state index in [1.807, 2.05) is 38.1 Å². The van der Waals surface area contributed by atoms with Crippen molar-refractivity contribution in [2.45, 2.75) is 20.3 Å². The number of carbonyl (C=O) groups is 1. The molecule has 0 unspecified atom stereocenters. The first-order valence-electron chi connectivity index (χ1n) is 7.72. The number of hydrogen-bond donors (Lipinski definition) is 2. The van der Waals surface area contributed by atoms with Gasteiger partial charge in [0.1, 0.15) is 0 Å². The SMILES string of the molecule is CCc1c(C)c2ccc(NC(=O)c3ccc(Br)cc3)cc2[nH]c1=O. The van der Waals surface area contributed by atoms with Gasteiger partial charge in [-0.05, 0) is 55.3 Å². The van der Waals surface area contributed by atoms with Crippen LogP contribution in [0.4, 0.5) is 5.69 Å². The normalized spacial score (nSPS) is 10.8. The summed E-state index contributed by atoms with van der Waals surface area (Å²) in [5, 5.41) is 3.85. The Balaban J connectivity index is 1.95. The molecule has 3 aromatic rings. The molecule has 0 aliphatic heterocycles. The molecule has 2 N–H and O–H groups in total. The largest absolute Gasteiger partial charge is 0.322 e. The fourth-order valence-corrected chi connectivity index (χ4v) is 3.08. The van der Waals surface area contributed by atoms with E-state index in [2.05, 4.69) is 26.2 Å². The molecular formula is C19H17BrN2O2. The van der Waals surface area contributed by atoms with Crippen LogP contribution in [0.1, 0.15) is 28.4 Å². The molecule has 0 aliphatic carbocycles. The molecule has 2 aromatic carbocycles. The number of aryl methyl sites for hydroxylation is 1. The number of rotatable bonds is 3. The Kier molecular flexibility index (Phi) is 4.53. The molecule has 0 saturated carbocycles. The molecule has 0 fully saturated rings. The summed E-state index contributed by atoms with van der Waals surface area (Å²) in [5.74, 6) is -0.189. The summed E-state index contributed by atoms with van der Waals surface area (Å²) in [5.41, 5.74) is 3.66. The van der Waals surface area contributed by atoms with E-state index in [0.29, 0.717) is 17.7 Å². The van der Waals surface area contributed by atoms with E-state index in [0.717, 1.165) is 26.5 Å². The van der Waals surface area contributed by atoms with E-state index in [9.17, 15) is 9.59 Å². The van der Waals surface area contributed by atoms with E-state index in [4.69, 9.17) is 0 Å². The third-order valence-electron chi connectivity index (χ3n) is 4.12. The van der Waals surface area contributed by atoms with Crippen LogP contribution < -0.4 is 10.9 Å². The average Bonchev–Trinajstić information content (AvgIpc) is 2.55. The summed E-state index contributed by atoms with van der Waals surface area (Å²) >= 11 is 3.35. The summed E-state index contributed by atoms with van der Waals surface area (Å²) in [7, 11) is 0. The highest BCUT2D eigenvalue weighted by atomic mass is 79.9. The van der Waals surface area contributed by atoms with Crippen LogP contribution in [0.25, 0.3) is 10.9 Å². The second-order valence-electron chi connectivity index (χ2n) is 5.63. The Bertz CT molecular complexity index is 975. The van der Waals surface area contributed by atoms with Gasteiger partial charge in [0.2, 0.25) is 0 Å². The third-order valence-corrected chi connectivity index (χ3v) is 4.65. The van der Waals surface area contributed by atoms with Crippen LogP contribution in [-0.2, 0) is 6.42 Å². The number of aromatic nitrogens is 1. The van der Waals surface area contributed by atoms with E-state index in [1.165, 1.54) is 0 Å². The van der Waals surface area contributed by atoms with Crippen LogP contribution in [0.3, 0.4) is 0 Å². The lowest BCUT2D eigenvalue weighted by Crippen LogP contribution is -2.15. The van der Waals surface area contributed by atoms with Gasteiger partial charge in [-0.1, -0.05) is 28.9 Å². The molecule has 1 heterocycles. The van der Waals surface area contributed by atoms with Crippen molar-refractivity contribution in [1.29, 1.82) is 0 Å². The fraction of sp³-hybridized carbons (Fsp3) is 0.158. The molecule has 122 valence electrons. The molecule has 0 atom stereocenters. The number of aromatic amines is 1. The summed E-state index contributed by atoms with van der Waals surface area (Å²) in [4.78, 5) is 27.3. The Morgan fingerprint density at radius 2 is 1.88 bits per heavy atom. The van der Waals surface area contributed by atoms with Gasteiger partial charge in [0.25, 0.3) is 11.5 Å². The van der Waals surface area contributed by atoms with Crippen molar-refractivity contribution in [3.05, 3.63) is 74.0 Å². The highest BCUT2D eigenvalue weighted by molar-refractivity contribution is 9.10. The lowest BCUT2D eigenvalue weighted by molar-refractivity contribution is 0.102. The average molecular weight is 385 g/mol. The van der Waals surface area contributed by atoms with Crippen LogP contribution in [0, 0.1) is 6.92 Å². The minimum atomic E-state index is -0.189. The number of benzene rings is 2.